The van der Waals surface area contributed by atoms with Crippen molar-refractivity contribution >= 4 is 17.5 Å². The predicted molar refractivity (Wildman–Crippen MR) is 97.7 cm³/mol. The van der Waals surface area contributed by atoms with Crippen LogP contribution in [0.4, 0.5) is 10.5 Å². The molecule has 0 aliphatic carbocycles. The number of urea groups is 1. The van der Waals surface area contributed by atoms with E-state index in [0.717, 1.165) is 11.3 Å². The minimum absolute atomic E-state index is 0.0246. The van der Waals surface area contributed by atoms with E-state index in [0.29, 0.717) is 18.0 Å². The summed E-state index contributed by atoms with van der Waals surface area (Å²) in [5.41, 5.74) is 3.76. The van der Waals surface area contributed by atoms with E-state index < -0.39 is 0 Å². The Labute approximate surface area is 143 Å². The van der Waals surface area contributed by atoms with Gasteiger partial charge in [0.25, 0.3) is 0 Å². The molecule has 2 aromatic rings. The van der Waals surface area contributed by atoms with Crippen LogP contribution in [-0.2, 0) is 0 Å². The maximum Gasteiger partial charge on any atom is 0.319 e. The topological polar surface area (TPSA) is 58.2 Å². The second kappa shape index (κ2) is 8.29. The number of carbonyl (C=O) groups excluding carboxylic acids is 2. The summed E-state index contributed by atoms with van der Waals surface area (Å²) in [5, 5.41) is 5.48. The van der Waals surface area contributed by atoms with Crippen LogP contribution < -0.4 is 10.6 Å². The maximum atomic E-state index is 12.0. The van der Waals surface area contributed by atoms with Crippen LogP contribution in [0.1, 0.15) is 47.7 Å². The molecule has 0 fully saturated rings. The Bertz CT molecular complexity index is 689. The van der Waals surface area contributed by atoms with Crippen molar-refractivity contribution in [2.75, 3.05) is 11.9 Å². The number of benzene rings is 2. The van der Waals surface area contributed by atoms with E-state index in [2.05, 4.69) is 24.5 Å². The molecule has 0 spiro atoms. The molecule has 0 saturated heterocycles. The Morgan fingerprint density at radius 2 is 1.58 bits per heavy atom. The number of hydrogen-bond donors (Lipinski definition) is 2. The molecule has 0 unspecified atom stereocenters. The van der Waals surface area contributed by atoms with Crippen LogP contribution in [0.25, 0.3) is 0 Å². The van der Waals surface area contributed by atoms with E-state index in [9.17, 15) is 9.59 Å². The Morgan fingerprint density at radius 1 is 0.958 bits per heavy atom. The molecule has 0 aromatic heterocycles. The Hall–Kier alpha value is -2.62. The Balaban J connectivity index is 1.76. The lowest BCUT2D eigenvalue weighted by Gasteiger charge is -2.09. The van der Waals surface area contributed by atoms with Crippen LogP contribution in [-0.4, -0.2) is 18.4 Å². The van der Waals surface area contributed by atoms with Gasteiger partial charge in [0.05, 0.1) is 0 Å². The first-order valence-corrected chi connectivity index (χ1v) is 8.20. The van der Waals surface area contributed by atoms with Gasteiger partial charge in [-0.1, -0.05) is 55.8 Å². The fraction of sp³-hybridized carbons (Fsp3) is 0.300. The first kappa shape index (κ1) is 17.7. The van der Waals surface area contributed by atoms with Crippen molar-refractivity contribution in [1.29, 1.82) is 0 Å². The zero-order valence-corrected chi connectivity index (χ0v) is 14.4. The van der Waals surface area contributed by atoms with Crippen LogP contribution in [0.15, 0.2) is 48.5 Å². The number of amides is 2. The van der Waals surface area contributed by atoms with Gasteiger partial charge in [0, 0.05) is 24.2 Å². The number of hydrogen-bond acceptors (Lipinski definition) is 2. The van der Waals surface area contributed by atoms with Crippen LogP contribution in [0.2, 0.25) is 0 Å². The lowest BCUT2D eigenvalue weighted by atomic mass is 10.0. The van der Waals surface area contributed by atoms with Crippen LogP contribution in [0.3, 0.4) is 0 Å². The van der Waals surface area contributed by atoms with Crippen molar-refractivity contribution in [3.05, 3.63) is 65.2 Å². The van der Waals surface area contributed by atoms with Crippen molar-refractivity contribution in [3.63, 3.8) is 0 Å². The summed E-state index contributed by atoms with van der Waals surface area (Å²) in [5.74, 6) is 0.484. The van der Waals surface area contributed by atoms with Crippen LogP contribution in [0, 0.1) is 6.92 Å². The molecule has 2 amide bonds. The van der Waals surface area contributed by atoms with E-state index in [1.54, 1.807) is 0 Å². The van der Waals surface area contributed by atoms with Gasteiger partial charge in [0.2, 0.25) is 0 Å². The summed E-state index contributed by atoms with van der Waals surface area (Å²) < 4.78 is 0. The first-order valence-electron chi connectivity index (χ1n) is 8.20. The first-order chi connectivity index (χ1) is 11.5. The standard InChI is InChI=1S/C20H24N2O2/c1-14(2)16-8-10-18(11-9-16)22-20(24)21-13-12-19(23)17-6-4-15(3)5-7-17/h4-11,14H,12-13H2,1-3H3,(H2,21,22,24). The lowest BCUT2D eigenvalue weighted by molar-refractivity contribution is 0.0984. The summed E-state index contributed by atoms with van der Waals surface area (Å²) in [7, 11) is 0. The average Bonchev–Trinajstić information content (AvgIpc) is 2.55. The highest BCUT2D eigenvalue weighted by Crippen LogP contribution is 2.17. The number of rotatable bonds is 6. The largest absolute Gasteiger partial charge is 0.337 e. The zero-order chi connectivity index (χ0) is 17.5. The van der Waals surface area contributed by atoms with E-state index >= 15 is 0 Å². The molecular formula is C20H24N2O2. The highest BCUT2D eigenvalue weighted by atomic mass is 16.2. The smallest absolute Gasteiger partial charge is 0.319 e. The van der Waals surface area contributed by atoms with Gasteiger partial charge < -0.3 is 10.6 Å². The second-order valence-corrected chi connectivity index (χ2v) is 6.20. The lowest BCUT2D eigenvalue weighted by Crippen LogP contribution is -2.30. The normalized spacial score (nSPS) is 10.5. The molecule has 0 aliphatic rings. The fourth-order valence-corrected chi connectivity index (χ4v) is 2.30. The van der Waals surface area contributed by atoms with Crippen molar-refractivity contribution in [2.24, 2.45) is 0 Å². The minimum atomic E-state index is -0.302. The molecule has 24 heavy (non-hydrogen) atoms. The van der Waals surface area contributed by atoms with E-state index in [-0.39, 0.29) is 18.2 Å². The van der Waals surface area contributed by atoms with Gasteiger partial charge >= 0.3 is 6.03 Å². The number of ketones is 1. The van der Waals surface area contributed by atoms with Crippen molar-refractivity contribution < 1.29 is 9.59 Å². The van der Waals surface area contributed by atoms with Gasteiger partial charge in [0.15, 0.2) is 5.78 Å². The molecule has 126 valence electrons. The molecule has 2 N–H and O–H groups in total. The van der Waals surface area contributed by atoms with Gasteiger partial charge in [-0.3, -0.25) is 4.79 Å². The van der Waals surface area contributed by atoms with Crippen molar-refractivity contribution in [1.82, 2.24) is 5.32 Å². The zero-order valence-electron chi connectivity index (χ0n) is 14.4. The van der Waals surface area contributed by atoms with Gasteiger partial charge in [-0.2, -0.15) is 0 Å². The summed E-state index contributed by atoms with van der Waals surface area (Å²) in [6, 6.07) is 14.9. The number of anilines is 1. The molecule has 2 aromatic carbocycles. The van der Waals surface area contributed by atoms with Crippen molar-refractivity contribution in [3.8, 4) is 0 Å². The number of carbonyl (C=O) groups is 2. The summed E-state index contributed by atoms with van der Waals surface area (Å²) in [6.45, 7) is 6.54. The summed E-state index contributed by atoms with van der Waals surface area (Å²) >= 11 is 0. The molecule has 0 radical (unpaired) electrons. The third kappa shape index (κ3) is 5.23. The molecule has 0 aliphatic heterocycles. The average molecular weight is 324 g/mol. The quantitative estimate of drug-likeness (QED) is 0.768. The monoisotopic (exact) mass is 324 g/mol. The van der Waals surface area contributed by atoms with E-state index in [4.69, 9.17) is 0 Å². The van der Waals surface area contributed by atoms with Gasteiger partial charge in [-0.25, -0.2) is 4.79 Å². The highest BCUT2D eigenvalue weighted by molar-refractivity contribution is 5.96. The number of aryl methyl sites for hydroxylation is 1. The third-order valence-electron chi connectivity index (χ3n) is 3.85. The molecule has 0 bridgehead atoms. The van der Waals surface area contributed by atoms with Crippen LogP contribution >= 0.6 is 0 Å². The SMILES string of the molecule is Cc1ccc(C(=O)CCNC(=O)Nc2ccc(C(C)C)cc2)cc1. The van der Waals surface area contributed by atoms with Gasteiger partial charge in [-0.05, 0) is 30.5 Å². The molecule has 4 nitrogen and oxygen atoms in total. The van der Waals surface area contributed by atoms with E-state index in [1.165, 1.54) is 5.56 Å². The highest BCUT2D eigenvalue weighted by Gasteiger charge is 2.07. The molecule has 0 atom stereocenters. The van der Waals surface area contributed by atoms with Gasteiger partial charge in [-0.15, -0.1) is 0 Å². The number of nitrogens with one attached hydrogen (secondary N) is 2. The van der Waals surface area contributed by atoms with Crippen molar-refractivity contribution in [2.45, 2.75) is 33.1 Å². The fourth-order valence-electron chi connectivity index (χ4n) is 2.30. The Morgan fingerprint density at radius 3 is 2.17 bits per heavy atom. The maximum absolute atomic E-state index is 12.0. The van der Waals surface area contributed by atoms with Crippen LogP contribution in [0.5, 0.6) is 0 Å². The molecule has 0 saturated carbocycles. The third-order valence-corrected chi connectivity index (χ3v) is 3.85. The molecule has 2 rings (SSSR count). The summed E-state index contributed by atoms with van der Waals surface area (Å²) in [6.07, 6.45) is 0.281. The number of Topliss-reactive ketones (excluding diaryl/α,β-unsaturated/α-hetero) is 1. The minimum Gasteiger partial charge on any atom is -0.337 e. The molecule has 4 heteroatoms. The predicted octanol–water partition coefficient (Wildman–Crippen LogP) is 4.51. The molecule has 0 heterocycles. The Kier molecular flexibility index (Phi) is 6.13. The second-order valence-electron chi connectivity index (χ2n) is 6.20. The molecular weight excluding hydrogens is 300 g/mol. The summed E-state index contributed by atoms with van der Waals surface area (Å²) in [4.78, 5) is 23.9. The van der Waals surface area contributed by atoms with Gasteiger partial charge in [0.1, 0.15) is 0 Å². The van der Waals surface area contributed by atoms with E-state index in [1.807, 2.05) is 55.5 Å².